The highest BCUT2D eigenvalue weighted by Gasteiger charge is 2.32. The van der Waals surface area contributed by atoms with Crippen LogP contribution in [-0.2, 0) is 22.4 Å². The molecule has 0 saturated carbocycles. The topological polar surface area (TPSA) is 87.6 Å². The van der Waals surface area contributed by atoms with Gasteiger partial charge >= 0.3 is 0 Å². The molecular weight excluding hydrogens is 398 g/mol. The maximum atomic E-state index is 12.4. The second-order valence-corrected chi connectivity index (χ2v) is 8.23. The molecule has 2 N–H and O–H groups in total. The van der Waals surface area contributed by atoms with Crippen LogP contribution in [0.1, 0.15) is 48.7 Å². The molecular formula is C23H25N3O3S. The van der Waals surface area contributed by atoms with Gasteiger partial charge in [0.1, 0.15) is 5.25 Å². The van der Waals surface area contributed by atoms with Gasteiger partial charge < -0.3 is 10.6 Å². The van der Waals surface area contributed by atoms with Crippen molar-refractivity contribution in [2.24, 2.45) is 4.99 Å². The molecule has 0 spiro atoms. The summed E-state index contributed by atoms with van der Waals surface area (Å²) in [6.45, 7) is 5.63. The van der Waals surface area contributed by atoms with E-state index < -0.39 is 5.25 Å². The van der Waals surface area contributed by atoms with Gasteiger partial charge in [0, 0.05) is 17.7 Å². The summed E-state index contributed by atoms with van der Waals surface area (Å²) >= 11 is 1.27. The first-order valence-electron chi connectivity index (χ1n) is 9.99. The summed E-state index contributed by atoms with van der Waals surface area (Å²) < 4.78 is 0. The van der Waals surface area contributed by atoms with Crippen molar-refractivity contribution in [1.29, 1.82) is 0 Å². The van der Waals surface area contributed by atoms with E-state index in [-0.39, 0.29) is 24.0 Å². The van der Waals surface area contributed by atoms with E-state index in [1.807, 2.05) is 18.2 Å². The predicted octanol–water partition coefficient (Wildman–Crippen LogP) is 4.26. The molecule has 1 aliphatic heterocycles. The second kappa shape index (κ2) is 9.71. The monoisotopic (exact) mass is 423 g/mol. The minimum Gasteiger partial charge on any atom is -0.326 e. The zero-order valence-corrected chi connectivity index (χ0v) is 18.1. The smallest absolute Gasteiger partial charge is 0.240 e. The van der Waals surface area contributed by atoms with Gasteiger partial charge in [-0.25, -0.2) is 4.99 Å². The first-order chi connectivity index (χ1) is 14.4. The molecule has 2 aromatic rings. The molecule has 2 aromatic carbocycles. The number of rotatable bonds is 7. The summed E-state index contributed by atoms with van der Waals surface area (Å²) in [4.78, 5) is 41.0. The third-order valence-electron chi connectivity index (χ3n) is 4.88. The van der Waals surface area contributed by atoms with Gasteiger partial charge in [0.15, 0.2) is 11.0 Å². The molecule has 6 nitrogen and oxygen atoms in total. The highest BCUT2D eigenvalue weighted by molar-refractivity contribution is 8.15. The van der Waals surface area contributed by atoms with Gasteiger partial charge in [-0.1, -0.05) is 55.9 Å². The van der Waals surface area contributed by atoms with Gasteiger partial charge in [-0.05, 0) is 43.0 Å². The molecule has 156 valence electrons. The molecule has 1 aliphatic rings. The lowest BCUT2D eigenvalue weighted by Crippen LogP contribution is -2.28. The minimum atomic E-state index is -0.543. The Bertz CT molecular complexity index is 994. The quantitative estimate of drug-likeness (QED) is 0.652. The fourth-order valence-corrected chi connectivity index (χ4v) is 4.22. The van der Waals surface area contributed by atoms with Crippen LogP contribution in [0.15, 0.2) is 47.5 Å². The Labute approximate surface area is 180 Å². The second-order valence-electron chi connectivity index (χ2n) is 7.03. The van der Waals surface area contributed by atoms with E-state index in [9.17, 15) is 14.4 Å². The van der Waals surface area contributed by atoms with E-state index in [1.54, 1.807) is 24.3 Å². The van der Waals surface area contributed by atoms with Crippen LogP contribution < -0.4 is 10.6 Å². The summed E-state index contributed by atoms with van der Waals surface area (Å²) in [5.74, 6) is -0.581. The number of aryl methyl sites for hydroxylation is 2. The van der Waals surface area contributed by atoms with Crippen molar-refractivity contribution in [3.05, 3.63) is 59.2 Å². The number of amides is 2. The molecule has 30 heavy (non-hydrogen) atoms. The van der Waals surface area contributed by atoms with Crippen molar-refractivity contribution in [1.82, 2.24) is 5.32 Å². The Morgan fingerprint density at radius 3 is 2.40 bits per heavy atom. The van der Waals surface area contributed by atoms with Gasteiger partial charge in [-0.3, -0.25) is 14.4 Å². The van der Waals surface area contributed by atoms with E-state index in [1.165, 1.54) is 18.7 Å². The third-order valence-corrected chi connectivity index (χ3v) is 5.96. The number of amidine groups is 1. The van der Waals surface area contributed by atoms with Crippen molar-refractivity contribution in [2.45, 2.75) is 45.3 Å². The van der Waals surface area contributed by atoms with Crippen LogP contribution >= 0.6 is 11.8 Å². The Morgan fingerprint density at radius 1 is 1.10 bits per heavy atom. The molecule has 1 heterocycles. The highest BCUT2D eigenvalue weighted by Crippen LogP contribution is 2.30. The maximum absolute atomic E-state index is 12.4. The van der Waals surface area contributed by atoms with Crippen LogP contribution in [0, 0.1) is 0 Å². The number of nitrogens with one attached hydrogen (secondary N) is 2. The normalized spacial score (nSPS) is 17.1. The summed E-state index contributed by atoms with van der Waals surface area (Å²) in [5.41, 5.74) is 4.22. The first-order valence-corrected chi connectivity index (χ1v) is 10.9. The third kappa shape index (κ3) is 5.16. The van der Waals surface area contributed by atoms with E-state index in [0.717, 1.165) is 29.7 Å². The molecule has 1 atom stereocenters. The molecule has 0 aliphatic carbocycles. The fourth-order valence-electron chi connectivity index (χ4n) is 3.25. The fraction of sp³-hybridized carbons (Fsp3) is 0.304. The molecule has 0 bridgehead atoms. The van der Waals surface area contributed by atoms with E-state index >= 15 is 0 Å². The lowest BCUT2D eigenvalue weighted by molar-refractivity contribution is -0.122. The van der Waals surface area contributed by atoms with Crippen LogP contribution in [0.5, 0.6) is 0 Å². The molecule has 0 radical (unpaired) electrons. The molecule has 1 unspecified atom stereocenters. The summed E-state index contributed by atoms with van der Waals surface area (Å²) in [6.07, 6.45) is 1.73. The van der Waals surface area contributed by atoms with Gasteiger partial charge in [-0.15, -0.1) is 0 Å². The number of ketones is 1. The molecule has 3 rings (SSSR count). The van der Waals surface area contributed by atoms with Crippen LogP contribution in [0.3, 0.4) is 0 Å². The Balaban J connectivity index is 1.69. The Kier molecular flexibility index (Phi) is 7.05. The number of aliphatic imine (C=N–C) groups is 1. The Morgan fingerprint density at radius 2 is 1.77 bits per heavy atom. The lowest BCUT2D eigenvalue weighted by atomic mass is 10.0. The summed E-state index contributed by atoms with van der Waals surface area (Å²) in [7, 11) is 0. The van der Waals surface area contributed by atoms with Crippen molar-refractivity contribution < 1.29 is 14.4 Å². The number of hydrogen-bond donors (Lipinski definition) is 2. The molecule has 2 amide bonds. The number of para-hydroxylation sites is 1. The number of carbonyl (C=O) groups excluding carboxylic acids is 3. The van der Waals surface area contributed by atoms with Crippen molar-refractivity contribution in [3.63, 3.8) is 0 Å². The standard InChI is InChI=1S/C23H25N3O3S/c1-4-15-8-6-9-16(5-2)21(15)25-23-26-22(29)19(30-23)13-20(28)24-18-11-7-10-17(12-18)14(3)27/h6-12,19H,4-5,13H2,1-3H3,(H,24,28)(H,25,26,29). The molecule has 1 saturated heterocycles. The molecule has 7 heteroatoms. The van der Waals surface area contributed by atoms with E-state index in [4.69, 9.17) is 4.99 Å². The Hall–Kier alpha value is -2.93. The summed E-state index contributed by atoms with van der Waals surface area (Å²) in [5, 5.41) is 5.54. The van der Waals surface area contributed by atoms with Crippen molar-refractivity contribution >= 4 is 45.9 Å². The zero-order valence-electron chi connectivity index (χ0n) is 17.3. The number of benzene rings is 2. The SMILES string of the molecule is CCc1cccc(CC)c1N=C1NC(=O)C(CC(=O)Nc2cccc(C(C)=O)c2)S1. The van der Waals surface area contributed by atoms with Crippen LogP contribution in [-0.4, -0.2) is 28.0 Å². The van der Waals surface area contributed by atoms with Gasteiger partial charge in [0.25, 0.3) is 0 Å². The number of carbonyl (C=O) groups is 3. The molecule has 1 fully saturated rings. The number of thioether (sulfide) groups is 1. The lowest BCUT2D eigenvalue weighted by Gasteiger charge is -2.09. The average molecular weight is 424 g/mol. The number of nitrogens with zero attached hydrogens (tertiary/aromatic N) is 1. The maximum Gasteiger partial charge on any atom is 0.240 e. The molecule has 0 aromatic heterocycles. The van der Waals surface area contributed by atoms with Crippen molar-refractivity contribution in [2.75, 3.05) is 5.32 Å². The predicted molar refractivity (Wildman–Crippen MR) is 122 cm³/mol. The van der Waals surface area contributed by atoms with Crippen LogP contribution in [0.4, 0.5) is 11.4 Å². The van der Waals surface area contributed by atoms with E-state index in [0.29, 0.717) is 16.4 Å². The van der Waals surface area contributed by atoms with Crippen LogP contribution in [0.2, 0.25) is 0 Å². The van der Waals surface area contributed by atoms with Gasteiger partial charge in [0.05, 0.1) is 5.69 Å². The number of hydrogen-bond acceptors (Lipinski definition) is 5. The minimum absolute atomic E-state index is 0.0237. The van der Waals surface area contributed by atoms with E-state index in [2.05, 4.69) is 24.5 Å². The van der Waals surface area contributed by atoms with Gasteiger partial charge in [0.2, 0.25) is 11.8 Å². The highest BCUT2D eigenvalue weighted by atomic mass is 32.2. The van der Waals surface area contributed by atoms with Crippen molar-refractivity contribution in [3.8, 4) is 0 Å². The van der Waals surface area contributed by atoms with Crippen LogP contribution in [0.25, 0.3) is 0 Å². The first kappa shape index (κ1) is 21.8. The summed E-state index contributed by atoms with van der Waals surface area (Å²) in [6, 6.07) is 12.9. The largest absolute Gasteiger partial charge is 0.326 e. The average Bonchev–Trinajstić information content (AvgIpc) is 3.06. The number of Topliss-reactive ketones (excluding diaryl/α,β-unsaturated/α-hetero) is 1. The number of anilines is 1. The zero-order chi connectivity index (χ0) is 21.7. The van der Waals surface area contributed by atoms with Gasteiger partial charge in [-0.2, -0.15) is 0 Å².